The minimum Gasteiger partial charge on any atom is -0.394 e. The number of nitrogens with two attached hydrogens (primary N) is 5. The number of benzene rings is 4. The number of nitrogens with zero attached hydrogens (tertiary/aromatic N) is 2. The summed E-state index contributed by atoms with van der Waals surface area (Å²) in [5, 5.41) is 42.2. The van der Waals surface area contributed by atoms with Crippen molar-refractivity contribution >= 4 is 93.7 Å². The quantitative estimate of drug-likeness (QED) is 0.0150. The summed E-state index contributed by atoms with van der Waals surface area (Å²) in [4.78, 5) is 197. The number of guanidine groups is 1. The van der Waals surface area contributed by atoms with Gasteiger partial charge in [0.05, 0.1) is 12.6 Å². The molecule has 1 aliphatic heterocycles. The maximum atomic E-state index is 15.2. The third-order valence-electron chi connectivity index (χ3n) is 21.2. The normalized spacial score (nSPS) is 15.9. The number of aliphatic hydroxyl groups is 1. The third kappa shape index (κ3) is 31.4. The number of aliphatic hydroxyl groups excluding tert-OH is 1. The first kappa shape index (κ1) is 97.5. The Labute approximate surface area is 703 Å². The highest BCUT2D eigenvalue weighted by Crippen LogP contribution is 2.25. The average Bonchev–Trinajstić information content (AvgIpc) is 1.63. The Hall–Kier alpha value is -11.3. The molecule has 13 amide bonds. The number of rotatable bonds is 51. The van der Waals surface area contributed by atoms with Crippen LogP contribution in [-0.2, 0) is 88.0 Å². The molecule has 0 aliphatic carbocycles. The summed E-state index contributed by atoms with van der Waals surface area (Å²) < 4.78 is 0. The molecule has 0 unspecified atom stereocenters. The fraction of sp³-hybridized carbons (Fsp3) is 0.540. The maximum Gasteiger partial charge on any atom is 0.246 e. The Morgan fingerprint density at radius 1 is 0.475 bits per heavy atom. The van der Waals surface area contributed by atoms with Crippen molar-refractivity contribution in [2.45, 2.75) is 250 Å². The van der Waals surface area contributed by atoms with Crippen LogP contribution >= 0.6 is 0 Å². The molecule has 5 aromatic rings. The summed E-state index contributed by atoms with van der Waals surface area (Å²) in [5.74, 6) is -11.3. The van der Waals surface area contributed by atoms with Crippen molar-refractivity contribution in [3.8, 4) is 0 Å². The lowest BCUT2D eigenvalue weighted by Crippen LogP contribution is -2.62. The molecule has 0 radical (unpaired) electrons. The smallest absolute Gasteiger partial charge is 0.246 e. The standard InChI is InChI=1S/C87H129N19O14/c1-10-12-35-62(76(110)95-64(38-26-41-93-87(91)92)78(112)105-73(54(9)11-2)85(119)98-65(74(90)108)43-51(3)4)96-79(113)66(44-52(5)6)99-80(114)67(46-56-30-18-14-19-31-56)100-77(111)63(37-24-25-40-88)97-83(117)70(50-107)103-81(115)68(47-57-32-20-15-21-33-57)101-82(116)69(48-58-49-94-61-36-23-22-34-59(58)61)102-84(118)71-39-27-42-106(71)86(120)72(53(7)8)104-75(109)60(89)45-55-28-16-13-17-29-55/h13-23,28-34,36,49,51-54,60,62-73,94,107H,10-12,24-27,35,37-48,50,88-89H2,1-9H3,(H2,90,108)(H,95,110)(H,96,113)(H,97,117)(H,98,119)(H,99,114)(H,100,111)(H,101,116)(H,102,118)(H,103,115)(H,104,109)(H,105,112)(H4,91,92,93)/t54-,60-,62-,63-,64-,65-,66+,67-,68-,69-,70-,71-,72-,73-/m0/s1. The molecule has 0 bridgehead atoms. The Morgan fingerprint density at radius 2 is 0.908 bits per heavy atom. The van der Waals surface area contributed by atoms with E-state index < -0.39 is 174 Å². The third-order valence-corrected chi connectivity index (χ3v) is 21.2. The molecule has 33 nitrogen and oxygen atoms in total. The van der Waals surface area contributed by atoms with Gasteiger partial charge in [-0.05, 0) is 129 Å². The molecule has 1 aliphatic rings. The van der Waals surface area contributed by atoms with Gasteiger partial charge in [-0.2, -0.15) is 0 Å². The molecule has 14 atom stereocenters. The van der Waals surface area contributed by atoms with E-state index >= 15 is 9.59 Å². The van der Waals surface area contributed by atoms with E-state index in [4.69, 9.17) is 28.7 Å². The van der Waals surface area contributed by atoms with Gasteiger partial charge in [-0.25, -0.2) is 0 Å². The maximum absolute atomic E-state index is 15.2. The van der Waals surface area contributed by atoms with E-state index in [2.05, 4.69) is 68.5 Å². The van der Waals surface area contributed by atoms with Crippen LogP contribution in [0.2, 0.25) is 0 Å². The van der Waals surface area contributed by atoms with E-state index in [9.17, 15) is 57.8 Å². The molecule has 120 heavy (non-hydrogen) atoms. The number of hydrogen-bond acceptors (Lipinski definition) is 17. The number of H-pyrrole nitrogens is 1. The zero-order valence-corrected chi connectivity index (χ0v) is 70.7. The van der Waals surface area contributed by atoms with E-state index in [1.165, 1.54) is 4.90 Å². The highest BCUT2D eigenvalue weighted by molar-refractivity contribution is 6.01. The molecule has 2 heterocycles. The number of likely N-dealkylation sites (tertiary alicyclic amines) is 1. The fourth-order valence-electron chi connectivity index (χ4n) is 14.3. The van der Waals surface area contributed by atoms with Crippen LogP contribution in [0.1, 0.15) is 168 Å². The van der Waals surface area contributed by atoms with Gasteiger partial charge in [0.2, 0.25) is 76.8 Å². The number of amides is 13. The number of fused-ring (bicyclic) bond motifs is 1. The van der Waals surface area contributed by atoms with Crippen molar-refractivity contribution in [3.05, 3.63) is 144 Å². The summed E-state index contributed by atoms with van der Waals surface area (Å²) >= 11 is 0. The van der Waals surface area contributed by atoms with Crippen LogP contribution < -0.4 is 87.2 Å². The summed E-state index contributed by atoms with van der Waals surface area (Å²) in [6, 6.07) is 16.9. The fourth-order valence-corrected chi connectivity index (χ4v) is 14.3. The van der Waals surface area contributed by atoms with Crippen LogP contribution in [-0.4, -0.2) is 203 Å². The lowest BCUT2D eigenvalue weighted by molar-refractivity contribution is -0.143. The summed E-state index contributed by atoms with van der Waals surface area (Å²) in [6.07, 6.45) is 4.60. The number of hydrogen-bond donors (Lipinski definition) is 18. The highest BCUT2D eigenvalue weighted by atomic mass is 16.3. The number of carbonyl (C=O) groups is 13. The average molecular weight is 1670 g/mol. The van der Waals surface area contributed by atoms with Crippen molar-refractivity contribution in [2.24, 2.45) is 57.3 Å². The van der Waals surface area contributed by atoms with Gasteiger partial charge in [-0.15, -0.1) is 0 Å². The Morgan fingerprint density at radius 3 is 1.41 bits per heavy atom. The summed E-state index contributed by atoms with van der Waals surface area (Å²) in [7, 11) is 0. The van der Waals surface area contributed by atoms with Gasteiger partial charge in [0.25, 0.3) is 0 Å². The second-order valence-electron chi connectivity index (χ2n) is 32.3. The first-order valence-corrected chi connectivity index (χ1v) is 42.0. The van der Waals surface area contributed by atoms with Crippen LogP contribution in [0, 0.1) is 23.7 Å². The minimum atomic E-state index is -1.77. The number of para-hydroxylation sites is 1. The van der Waals surface area contributed by atoms with E-state index in [1.54, 1.807) is 87.6 Å². The van der Waals surface area contributed by atoms with Crippen LogP contribution in [0.5, 0.6) is 0 Å². The Kier molecular flexibility index (Phi) is 40.6. The molecule has 0 saturated carbocycles. The predicted molar refractivity (Wildman–Crippen MR) is 458 cm³/mol. The molecule has 6 rings (SSSR count). The Bertz CT molecular complexity index is 4200. The number of nitrogens with one attached hydrogen (secondary N) is 12. The molecule has 0 spiro atoms. The molecule has 33 heteroatoms. The van der Waals surface area contributed by atoms with Gasteiger partial charge in [0.1, 0.15) is 72.5 Å². The van der Waals surface area contributed by atoms with Gasteiger partial charge in [0, 0.05) is 49.5 Å². The van der Waals surface area contributed by atoms with E-state index in [0.29, 0.717) is 48.8 Å². The molecular formula is C87H129N19O14. The highest BCUT2D eigenvalue weighted by Gasteiger charge is 2.42. The largest absolute Gasteiger partial charge is 0.394 e. The molecule has 23 N–H and O–H groups in total. The van der Waals surface area contributed by atoms with Gasteiger partial charge >= 0.3 is 0 Å². The number of aromatic amines is 1. The monoisotopic (exact) mass is 1660 g/mol. The SMILES string of the molecule is CCCC[C@H](NC(=O)[C@@H](CC(C)C)NC(=O)[C@H](Cc1ccccc1)NC(=O)[C@H](CCCCN)NC(=O)[C@H](CO)NC(=O)[C@H](Cc1ccccc1)NC(=O)[C@H](Cc1c[nH]c2ccccc12)NC(=O)[C@@H]1CCCN1C(=O)[C@@H](NC(=O)[C@@H](N)Cc1ccccc1)C(C)C)C(=O)N[C@@H](CCCN=C(N)N)C(=O)N[C@H](C(=O)N[C@@H](CC(C)C)C(N)=O)[C@@H](C)CC. The van der Waals surface area contributed by atoms with Crippen LogP contribution in [0.3, 0.4) is 0 Å². The van der Waals surface area contributed by atoms with Crippen molar-refractivity contribution in [2.75, 3.05) is 26.2 Å². The predicted octanol–water partition coefficient (Wildman–Crippen LogP) is 1.73. The van der Waals surface area contributed by atoms with Crippen molar-refractivity contribution < 1.29 is 67.4 Å². The van der Waals surface area contributed by atoms with Crippen molar-refractivity contribution in [1.82, 2.24) is 68.4 Å². The molecule has 656 valence electrons. The second-order valence-corrected chi connectivity index (χ2v) is 32.3. The van der Waals surface area contributed by atoms with Crippen molar-refractivity contribution in [1.29, 1.82) is 0 Å². The molecule has 1 saturated heterocycles. The zero-order chi connectivity index (χ0) is 88.1. The number of primary amides is 1. The topological polar surface area (TPSA) is 536 Å². The van der Waals surface area contributed by atoms with E-state index in [-0.39, 0.29) is 114 Å². The lowest BCUT2D eigenvalue weighted by Gasteiger charge is -2.32. The van der Waals surface area contributed by atoms with Crippen LogP contribution in [0.4, 0.5) is 0 Å². The summed E-state index contributed by atoms with van der Waals surface area (Å²) in [6.45, 7) is 15.7. The second kappa shape index (κ2) is 49.9. The van der Waals surface area contributed by atoms with E-state index in [1.807, 2.05) is 96.1 Å². The van der Waals surface area contributed by atoms with Gasteiger partial charge in [-0.1, -0.05) is 191 Å². The molecule has 1 fully saturated rings. The van der Waals surface area contributed by atoms with Crippen LogP contribution in [0.25, 0.3) is 10.9 Å². The minimum absolute atomic E-state index is 0.0196. The number of unbranched alkanes of at least 4 members (excludes halogenated alkanes) is 2. The van der Waals surface area contributed by atoms with Gasteiger partial charge < -0.3 is 102 Å². The molecule has 1 aromatic heterocycles. The Balaban J connectivity index is 1.23. The number of aromatic nitrogens is 1. The molecule has 4 aromatic carbocycles. The first-order valence-electron chi connectivity index (χ1n) is 42.0. The van der Waals surface area contributed by atoms with E-state index in [0.717, 1.165) is 16.5 Å². The number of carbonyl (C=O) groups excluding carboxylic acids is 13. The number of aliphatic imine (C=N–C) groups is 1. The molecular weight excluding hydrogens is 1540 g/mol. The lowest BCUT2D eigenvalue weighted by atomic mass is 9.96. The van der Waals surface area contributed by atoms with Crippen LogP contribution in [0.15, 0.2) is 126 Å². The van der Waals surface area contributed by atoms with Gasteiger partial charge in [0.15, 0.2) is 5.96 Å². The summed E-state index contributed by atoms with van der Waals surface area (Å²) in [5.41, 5.74) is 32.5. The zero-order valence-electron chi connectivity index (χ0n) is 70.7. The van der Waals surface area contributed by atoms with Gasteiger partial charge in [-0.3, -0.25) is 67.3 Å². The van der Waals surface area contributed by atoms with Crippen molar-refractivity contribution in [3.63, 3.8) is 0 Å². The first-order chi connectivity index (χ1) is 57.2.